The molecule has 2 aromatic rings. The minimum atomic E-state index is -0.158. The molecule has 122 valence electrons. The number of methoxy groups -OCH3 is 1. The molecule has 3 N–H and O–H groups in total. The smallest absolute Gasteiger partial charge is 0.227 e. The van der Waals surface area contributed by atoms with Crippen LogP contribution in [0.3, 0.4) is 0 Å². The molecule has 0 aliphatic rings. The molecule has 0 heterocycles. The Bertz CT molecular complexity index is 678. The molecule has 0 bridgehead atoms. The van der Waals surface area contributed by atoms with Crippen molar-refractivity contribution in [3.05, 3.63) is 47.5 Å². The molecule has 0 atom stereocenters. The van der Waals surface area contributed by atoms with E-state index in [0.717, 1.165) is 16.9 Å². The largest absolute Gasteiger partial charge is 0.497 e. The van der Waals surface area contributed by atoms with Gasteiger partial charge in [0.2, 0.25) is 5.91 Å². The highest BCUT2D eigenvalue weighted by atomic mass is 16.5. The number of nitrogen functional groups attached to an aromatic ring is 1. The van der Waals surface area contributed by atoms with Crippen molar-refractivity contribution in [1.29, 1.82) is 0 Å². The molecule has 0 saturated heterocycles. The van der Waals surface area contributed by atoms with Crippen LogP contribution in [0.15, 0.2) is 36.4 Å². The first-order valence-electron chi connectivity index (χ1n) is 7.42. The number of nitrogens with two attached hydrogens (primary N) is 1. The Hall–Kier alpha value is -2.69. The minimum absolute atomic E-state index is 0.158. The van der Waals surface area contributed by atoms with Crippen LogP contribution in [0.1, 0.15) is 17.5 Å². The maximum absolute atomic E-state index is 12.0. The van der Waals surface area contributed by atoms with Gasteiger partial charge >= 0.3 is 0 Å². The summed E-state index contributed by atoms with van der Waals surface area (Å²) in [5.41, 5.74) is 9.15. The molecule has 0 aromatic heterocycles. The number of nitrogens with one attached hydrogen (secondary N) is 1. The standard InChI is InChI=1S/C18H22N2O3/c1-12-8-13(2)10-15(9-12)23-7-6-18(21)20-17-11-14(22-3)4-5-16(17)19/h4-5,8-11H,6-7,19H2,1-3H3,(H,20,21). The van der Waals surface area contributed by atoms with Crippen LogP contribution in [0, 0.1) is 13.8 Å². The van der Waals surface area contributed by atoms with E-state index in [0.29, 0.717) is 23.7 Å². The van der Waals surface area contributed by atoms with Crippen LogP contribution in [0.4, 0.5) is 11.4 Å². The number of anilines is 2. The maximum atomic E-state index is 12.0. The number of benzene rings is 2. The van der Waals surface area contributed by atoms with E-state index in [1.807, 2.05) is 26.0 Å². The van der Waals surface area contributed by atoms with Crippen molar-refractivity contribution < 1.29 is 14.3 Å². The summed E-state index contributed by atoms with van der Waals surface area (Å²) in [6.45, 7) is 4.33. The lowest BCUT2D eigenvalue weighted by Gasteiger charge is -2.11. The second kappa shape index (κ2) is 7.54. The monoisotopic (exact) mass is 314 g/mol. The van der Waals surface area contributed by atoms with Gasteiger partial charge in [-0.3, -0.25) is 4.79 Å². The molecule has 0 spiro atoms. The molecule has 0 unspecified atom stereocenters. The number of hydrogen-bond acceptors (Lipinski definition) is 4. The second-order valence-corrected chi connectivity index (χ2v) is 5.42. The topological polar surface area (TPSA) is 73.6 Å². The average molecular weight is 314 g/mol. The van der Waals surface area contributed by atoms with E-state index in [-0.39, 0.29) is 12.3 Å². The van der Waals surface area contributed by atoms with E-state index < -0.39 is 0 Å². The first-order valence-corrected chi connectivity index (χ1v) is 7.42. The lowest BCUT2D eigenvalue weighted by atomic mass is 10.1. The van der Waals surface area contributed by atoms with Gasteiger partial charge in [-0.05, 0) is 49.2 Å². The zero-order chi connectivity index (χ0) is 16.8. The highest BCUT2D eigenvalue weighted by Gasteiger charge is 2.07. The van der Waals surface area contributed by atoms with Gasteiger partial charge in [-0.2, -0.15) is 0 Å². The molecule has 5 nitrogen and oxygen atoms in total. The van der Waals surface area contributed by atoms with Crippen molar-refractivity contribution >= 4 is 17.3 Å². The molecule has 1 amide bonds. The Morgan fingerprint density at radius 2 is 1.78 bits per heavy atom. The van der Waals surface area contributed by atoms with Gasteiger partial charge in [0.15, 0.2) is 0 Å². The van der Waals surface area contributed by atoms with Gasteiger partial charge in [0, 0.05) is 6.07 Å². The molecule has 23 heavy (non-hydrogen) atoms. The van der Waals surface area contributed by atoms with Gasteiger partial charge in [-0.1, -0.05) is 6.07 Å². The molecule has 0 aliphatic carbocycles. The van der Waals surface area contributed by atoms with E-state index in [4.69, 9.17) is 15.2 Å². The third-order valence-electron chi connectivity index (χ3n) is 3.33. The third-order valence-corrected chi connectivity index (χ3v) is 3.33. The summed E-state index contributed by atoms with van der Waals surface area (Å²) >= 11 is 0. The Labute approximate surface area is 136 Å². The Morgan fingerprint density at radius 1 is 1.09 bits per heavy atom. The van der Waals surface area contributed by atoms with E-state index in [9.17, 15) is 4.79 Å². The molecule has 5 heteroatoms. The van der Waals surface area contributed by atoms with Crippen LogP contribution < -0.4 is 20.5 Å². The molecular weight excluding hydrogens is 292 g/mol. The van der Waals surface area contributed by atoms with Gasteiger partial charge < -0.3 is 20.5 Å². The molecule has 2 rings (SSSR count). The number of hydrogen-bond donors (Lipinski definition) is 2. The van der Waals surface area contributed by atoms with Crippen molar-refractivity contribution in [2.75, 3.05) is 24.8 Å². The number of carbonyl (C=O) groups excluding carboxylic acids is 1. The number of amides is 1. The zero-order valence-corrected chi connectivity index (χ0v) is 13.7. The molecule has 0 radical (unpaired) electrons. The number of rotatable bonds is 6. The molecule has 0 fully saturated rings. The fourth-order valence-corrected chi connectivity index (χ4v) is 2.26. The molecule has 2 aromatic carbocycles. The summed E-state index contributed by atoms with van der Waals surface area (Å²) in [6, 6.07) is 11.1. The summed E-state index contributed by atoms with van der Waals surface area (Å²) < 4.78 is 10.8. The summed E-state index contributed by atoms with van der Waals surface area (Å²) in [5, 5.41) is 2.77. The fraction of sp³-hybridized carbons (Fsp3) is 0.278. The van der Waals surface area contributed by atoms with Gasteiger partial charge in [0.1, 0.15) is 11.5 Å². The van der Waals surface area contributed by atoms with Crippen molar-refractivity contribution in [2.24, 2.45) is 0 Å². The van der Waals surface area contributed by atoms with Crippen molar-refractivity contribution in [1.82, 2.24) is 0 Å². The summed E-state index contributed by atoms with van der Waals surface area (Å²) in [4.78, 5) is 12.0. The van der Waals surface area contributed by atoms with Gasteiger partial charge in [0.05, 0.1) is 31.5 Å². The van der Waals surface area contributed by atoms with Gasteiger partial charge in [0.25, 0.3) is 0 Å². The highest BCUT2D eigenvalue weighted by Crippen LogP contribution is 2.24. The second-order valence-electron chi connectivity index (χ2n) is 5.42. The summed E-state index contributed by atoms with van der Waals surface area (Å²) in [6.07, 6.45) is 0.240. The van der Waals surface area contributed by atoms with Crippen molar-refractivity contribution in [3.8, 4) is 11.5 Å². The van der Waals surface area contributed by atoms with Gasteiger partial charge in [-0.25, -0.2) is 0 Å². The predicted molar refractivity (Wildman–Crippen MR) is 92.1 cm³/mol. The van der Waals surface area contributed by atoms with E-state index in [1.165, 1.54) is 0 Å². The Balaban J connectivity index is 1.88. The first kappa shape index (κ1) is 16.7. The Kier molecular flexibility index (Phi) is 5.46. The van der Waals surface area contributed by atoms with E-state index in [2.05, 4.69) is 11.4 Å². The lowest BCUT2D eigenvalue weighted by Crippen LogP contribution is -2.16. The first-order chi connectivity index (χ1) is 11.0. The van der Waals surface area contributed by atoms with Crippen LogP contribution in [0.25, 0.3) is 0 Å². The van der Waals surface area contributed by atoms with E-state index >= 15 is 0 Å². The number of ether oxygens (including phenoxy) is 2. The van der Waals surface area contributed by atoms with Crippen molar-refractivity contribution in [2.45, 2.75) is 20.3 Å². The van der Waals surface area contributed by atoms with Crippen LogP contribution in [-0.4, -0.2) is 19.6 Å². The van der Waals surface area contributed by atoms with Crippen molar-refractivity contribution in [3.63, 3.8) is 0 Å². The third kappa shape index (κ3) is 4.92. The van der Waals surface area contributed by atoms with E-state index in [1.54, 1.807) is 25.3 Å². The zero-order valence-electron chi connectivity index (χ0n) is 13.7. The quantitative estimate of drug-likeness (QED) is 0.802. The van der Waals surface area contributed by atoms with Crippen LogP contribution in [0.5, 0.6) is 11.5 Å². The van der Waals surface area contributed by atoms with Crippen LogP contribution in [-0.2, 0) is 4.79 Å². The average Bonchev–Trinajstić information content (AvgIpc) is 2.48. The molecular formula is C18H22N2O3. The fourth-order valence-electron chi connectivity index (χ4n) is 2.26. The predicted octanol–water partition coefficient (Wildman–Crippen LogP) is 3.30. The summed E-state index contributed by atoms with van der Waals surface area (Å²) in [7, 11) is 1.56. The summed E-state index contributed by atoms with van der Waals surface area (Å²) in [5.74, 6) is 1.26. The van der Waals surface area contributed by atoms with Crippen LogP contribution >= 0.6 is 0 Å². The Morgan fingerprint density at radius 3 is 2.43 bits per heavy atom. The van der Waals surface area contributed by atoms with Gasteiger partial charge in [-0.15, -0.1) is 0 Å². The molecule has 0 saturated carbocycles. The number of aryl methyl sites for hydroxylation is 2. The highest BCUT2D eigenvalue weighted by molar-refractivity contribution is 5.94. The molecule has 0 aliphatic heterocycles. The van der Waals surface area contributed by atoms with Crippen LogP contribution in [0.2, 0.25) is 0 Å². The minimum Gasteiger partial charge on any atom is -0.497 e. The SMILES string of the molecule is COc1ccc(N)c(NC(=O)CCOc2cc(C)cc(C)c2)c1. The maximum Gasteiger partial charge on any atom is 0.227 e. The lowest BCUT2D eigenvalue weighted by molar-refractivity contribution is -0.116. The normalized spacial score (nSPS) is 10.2. The number of carbonyl (C=O) groups is 1.